The molecule has 0 N–H and O–H groups in total. The second-order valence-corrected chi connectivity index (χ2v) is 2.89. The van der Waals surface area contributed by atoms with Crippen LogP contribution in [0.1, 0.15) is 21.5 Å². The van der Waals surface area contributed by atoms with Crippen LogP contribution in [-0.2, 0) is 6.42 Å². The van der Waals surface area contributed by atoms with E-state index in [1.165, 1.54) is 6.07 Å². The number of nitrogens with zero attached hydrogens (tertiary/aromatic N) is 3. The largest absolute Gasteiger partial charge is 0.298 e. The summed E-state index contributed by atoms with van der Waals surface area (Å²) in [5, 5.41) is 27.8. The lowest BCUT2D eigenvalue weighted by Crippen LogP contribution is -1.99. The Labute approximate surface area is 90.5 Å². The maximum Gasteiger partial charge on any atom is 0.281 e. The Hall–Kier alpha value is -2.73. The first-order valence-electron chi connectivity index (χ1n) is 4.17. The molecule has 16 heavy (non-hydrogen) atoms. The Kier molecular flexibility index (Phi) is 3.31. The number of carbonyl (C=O) groups is 1. The molecule has 0 aromatic heterocycles. The molecule has 0 heterocycles. The van der Waals surface area contributed by atoms with Crippen LogP contribution in [0, 0.1) is 32.8 Å². The number of hydrogen-bond donors (Lipinski definition) is 0. The number of aldehydes is 1. The number of rotatable bonds is 3. The van der Waals surface area contributed by atoms with Crippen molar-refractivity contribution in [2.75, 3.05) is 0 Å². The molecule has 6 nitrogen and oxygen atoms in total. The van der Waals surface area contributed by atoms with Gasteiger partial charge in [-0.15, -0.1) is 0 Å². The molecule has 6 heteroatoms. The second-order valence-electron chi connectivity index (χ2n) is 2.89. The van der Waals surface area contributed by atoms with E-state index in [1.54, 1.807) is 6.07 Å². The molecule has 0 bridgehead atoms. The quantitative estimate of drug-likeness (QED) is 0.429. The van der Waals surface area contributed by atoms with Crippen LogP contribution < -0.4 is 0 Å². The first kappa shape index (κ1) is 11.3. The molecule has 78 valence electrons. The molecule has 0 fully saturated rings. The Morgan fingerprint density at radius 1 is 1.44 bits per heavy atom. The summed E-state index contributed by atoms with van der Waals surface area (Å²) in [5.41, 5.74) is -0.195. The van der Waals surface area contributed by atoms with Crippen LogP contribution in [0.5, 0.6) is 0 Å². The van der Waals surface area contributed by atoms with E-state index in [9.17, 15) is 14.9 Å². The lowest BCUT2D eigenvalue weighted by molar-refractivity contribution is -0.385. The van der Waals surface area contributed by atoms with Gasteiger partial charge in [-0.3, -0.25) is 14.9 Å². The smallest absolute Gasteiger partial charge is 0.281 e. The van der Waals surface area contributed by atoms with Crippen molar-refractivity contribution >= 4 is 12.0 Å². The Morgan fingerprint density at radius 3 is 2.56 bits per heavy atom. The number of nitro benzene ring substituents is 1. The van der Waals surface area contributed by atoms with Crippen LogP contribution in [0.4, 0.5) is 5.69 Å². The number of carbonyl (C=O) groups excluding carboxylic acids is 1. The van der Waals surface area contributed by atoms with Gasteiger partial charge in [-0.25, -0.2) is 0 Å². The fraction of sp³-hybridized carbons (Fsp3) is 0.100. The monoisotopic (exact) mass is 215 g/mol. The van der Waals surface area contributed by atoms with Crippen molar-refractivity contribution in [2.24, 2.45) is 0 Å². The van der Waals surface area contributed by atoms with E-state index in [-0.39, 0.29) is 17.5 Å². The van der Waals surface area contributed by atoms with E-state index in [4.69, 9.17) is 10.5 Å². The number of nitro groups is 1. The molecule has 0 spiro atoms. The fourth-order valence-corrected chi connectivity index (χ4v) is 1.24. The van der Waals surface area contributed by atoms with Gasteiger partial charge in [0.05, 0.1) is 34.6 Å². The lowest BCUT2D eigenvalue weighted by atomic mass is 10.0. The summed E-state index contributed by atoms with van der Waals surface area (Å²) in [4.78, 5) is 20.5. The fourth-order valence-electron chi connectivity index (χ4n) is 1.24. The molecule has 1 rings (SSSR count). The van der Waals surface area contributed by atoms with Crippen molar-refractivity contribution in [1.82, 2.24) is 0 Å². The van der Waals surface area contributed by atoms with E-state index in [2.05, 4.69) is 0 Å². The average Bonchev–Trinajstić information content (AvgIpc) is 2.28. The number of hydrogen-bond acceptors (Lipinski definition) is 5. The molecule has 0 saturated carbocycles. The first-order chi connectivity index (χ1) is 7.63. The predicted octanol–water partition coefficient (Wildman–Crippen LogP) is 1.35. The van der Waals surface area contributed by atoms with Crippen LogP contribution in [0.2, 0.25) is 0 Å². The van der Waals surface area contributed by atoms with Crippen LogP contribution in [0.25, 0.3) is 0 Å². The lowest BCUT2D eigenvalue weighted by Gasteiger charge is -2.01. The maximum atomic E-state index is 10.6. The SMILES string of the molecule is N#CCc1cc(C=O)c([N+](=O)[O-])cc1C#N. The molecular weight excluding hydrogens is 210 g/mol. The van der Waals surface area contributed by atoms with Crippen molar-refractivity contribution in [3.63, 3.8) is 0 Å². The zero-order valence-corrected chi connectivity index (χ0v) is 8.01. The standard InChI is InChI=1S/C10H5N3O3/c11-2-1-7-3-9(6-14)10(13(15)16)4-8(7)5-12/h3-4,6H,1H2. The molecular formula is C10H5N3O3. The van der Waals surface area contributed by atoms with Crippen LogP contribution in [-0.4, -0.2) is 11.2 Å². The Morgan fingerprint density at radius 2 is 2.12 bits per heavy atom. The van der Waals surface area contributed by atoms with Gasteiger partial charge in [0.1, 0.15) is 0 Å². The van der Waals surface area contributed by atoms with Gasteiger partial charge in [-0.1, -0.05) is 0 Å². The number of nitriles is 2. The van der Waals surface area contributed by atoms with E-state index in [1.807, 2.05) is 6.07 Å². The highest BCUT2D eigenvalue weighted by atomic mass is 16.6. The highest BCUT2D eigenvalue weighted by Crippen LogP contribution is 2.22. The molecule has 1 aromatic carbocycles. The second kappa shape index (κ2) is 4.67. The third-order valence-electron chi connectivity index (χ3n) is 1.97. The summed E-state index contributed by atoms with van der Waals surface area (Å²) in [6, 6.07) is 5.79. The maximum absolute atomic E-state index is 10.6. The van der Waals surface area contributed by atoms with Gasteiger partial charge in [0.2, 0.25) is 0 Å². The van der Waals surface area contributed by atoms with E-state index in [0.29, 0.717) is 11.8 Å². The number of benzene rings is 1. The zero-order chi connectivity index (χ0) is 12.1. The van der Waals surface area contributed by atoms with Gasteiger partial charge < -0.3 is 0 Å². The van der Waals surface area contributed by atoms with Crippen LogP contribution in [0.15, 0.2) is 12.1 Å². The highest BCUT2D eigenvalue weighted by molar-refractivity contribution is 5.82. The predicted molar refractivity (Wildman–Crippen MR) is 52.5 cm³/mol. The zero-order valence-electron chi connectivity index (χ0n) is 8.01. The minimum Gasteiger partial charge on any atom is -0.298 e. The molecule has 0 unspecified atom stereocenters. The van der Waals surface area contributed by atoms with Gasteiger partial charge in [0.15, 0.2) is 6.29 Å². The topological polar surface area (TPSA) is 108 Å². The molecule has 1 aromatic rings. The van der Waals surface area contributed by atoms with Crippen molar-refractivity contribution in [1.29, 1.82) is 10.5 Å². The summed E-state index contributed by atoms with van der Waals surface area (Å²) in [6.45, 7) is 0. The van der Waals surface area contributed by atoms with Gasteiger partial charge in [0.25, 0.3) is 5.69 Å². The van der Waals surface area contributed by atoms with E-state index < -0.39 is 10.6 Å². The molecule has 0 aliphatic heterocycles. The van der Waals surface area contributed by atoms with Crippen molar-refractivity contribution in [2.45, 2.75) is 6.42 Å². The molecule has 0 saturated heterocycles. The van der Waals surface area contributed by atoms with E-state index >= 15 is 0 Å². The summed E-state index contributed by atoms with van der Waals surface area (Å²) >= 11 is 0. The summed E-state index contributed by atoms with van der Waals surface area (Å²) in [5.74, 6) is 0. The minimum atomic E-state index is -0.735. The molecule has 0 radical (unpaired) electrons. The Balaban J connectivity index is 3.48. The molecule has 0 aliphatic rings. The third kappa shape index (κ3) is 2.02. The Bertz CT molecular complexity index is 537. The molecule has 0 aliphatic carbocycles. The minimum absolute atomic E-state index is 0.0406. The molecule has 0 atom stereocenters. The van der Waals surface area contributed by atoms with E-state index in [0.717, 1.165) is 6.07 Å². The van der Waals surface area contributed by atoms with Crippen LogP contribution in [0.3, 0.4) is 0 Å². The van der Waals surface area contributed by atoms with Gasteiger partial charge in [-0.2, -0.15) is 10.5 Å². The average molecular weight is 215 g/mol. The first-order valence-corrected chi connectivity index (χ1v) is 4.17. The van der Waals surface area contributed by atoms with Gasteiger partial charge in [0, 0.05) is 6.07 Å². The highest BCUT2D eigenvalue weighted by Gasteiger charge is 2.17. The summed E-state index contributed by atoms with van der Waals surface area (Å²) < 4.78 is 0. The van der Waals surface area contributed by atoms with Crippen molar-refractivity contribution in [3.05, 3.63) is 38.9 Å². The van der Waals surface area contributed by atoms with Gasteiger partial charge in [-0.05, 0) is 11.6 Å². The van der Waals surface area contributed by atoms with Crippen molar-refractivity contribution in [3.8, 4) is 12.1 Å². The van der Waals surface area contributed by atoms with Crippen molar-refractivity contribution < 1.29 is 9.72 Å². The summed E-state index contributed by atoms with van der Waals surface area (Å²) in [7, 11) is 0. The molecule has 0 amide bonds. The third-order valence-corrected chi connectivity index (χ3v) is 1.97. The normalized spacial score (nSPS) is 8.88. The summed E-state index contributed by atoms with van der Waals surface area (Å²) in [6.07, 6.45) is 0.266. The van der Waals surface area contributed by atoms with Crippen LogP contribution >= 0.6 is 0 Å². The van der Waals surface area contributed by atoms with Gasteiger partial charge >= 0.3 is 0 Å².